The van der Waals surface area contributed by atoms with Crippen molar-refractivity contribution in [2.45, 2.75) is 25.8 Å². The molecule has 0 unspecified atom stereocenters. The van der Waals surface area contributed by atoms with E-state index in [2.05, 4.69) is 5.32 Å². The summed E-state index contributed by atoms with van der Waals surface area (Å²) < 4.78 is 22.7. The molecule has 1 aliphatic rings. The number of carboxylic acids is 1. The number of nitrogens with one attached hydrogen (secondary N) is 1. The van der Waals surface area contributed by atoms with Crippen molar-refractivity contribution in [3.63, 3.8) is 0 Å². The summed E-state index contributed by atoms with van der Waals surface area (Å²) in [6.07, 6.45) is 1.20. The average molecular weight is 283 g/mol. The lowest BCUT2D eigenvalue weighted by Gasteiger charge is -2.24. The van der Waals surface area contributed by atoms with Crippen LogP contribution in [0.3, 0.4) is 0 Å². The van der Waals surface area contributed by atoms with Gasteiger partial charge in [-0.3, -0.25) is 0 Å². The molecule has 104 valence electrons. The van der Waals surface area contributed by atoms with E-state index in [-0.39, 0.29) is 23.1 Å². The van der Waals surface area contributed by atoms with Crippen LogP contribution in [0.2, 0.25) is 0 Å². The van der Waals surface area contributed by atoms with Crippen molar-refractivity contribution in [3.05, 3.63) is 29.3 Å². The van der Waals surface area contributed by atoms with Gasteiger partial charge in [-0.2, -0.15) is 0 Å². The molecule has 0 atom stereocenters. The van der Waals surface area contributed by atoms with Crippen LogP contribution < -0.4 is 5.32 Å². The van der Waals surface area contributed by atoms with Gasteiger partial charge in [0.15, 0.2) is 0 Å². The summed E-state index contributed by atoms with van der Waals surface area (Å²) in [6.45, 7) is 1.75. The van der Waals surface area contributed by atoms with Crippen LogP contribution in [0.15, 0.2) is 18.2 Å². The second-order valence-electron chi connectivity index (χ2n) is 4.91. The summed E-state index contributed by atoms with van der Waals surface area (Å²) in [5.41, 5.74) is 1.82. The molecule has 1 aromatic rings. The zero-order valence-electron chi connectivity index (χ0n) is 10.7. The van der Waals surface area contributed by atoms with Gasteiger partial charge in [-0.05, 0) is 43.5 Å². The van der Waals surface area contributed by atoms with Gasteiger partial charge in [-0.25, -0.2) is 13.2 Å². The molecule has 1 heterocycles. The lowest BCUT2D eigenvalue weighted by atomic mass is 10.1. The van der Waals surface area contributed by atoms with Crippen molar-refractivity contribution < 1.29 is 18.3 Å². The molecule has 1 fully saturated rings. The second kappa shape index (κ2) is 5.21. The number of aryl methyl sites for hydroxylation is 1. The van der Waals surface area contributed by atoms with Crippen LogP contribution in [0.25, 0.3) is 0 Å². The molecule has 5 nitrogen and oxygen atoms in total. The maximum atomic E-state index is 11.3. The molecule has 2 N–H and O–H groups in total. The van der Waals surface area contributed by atoms with E-state index in [1.807, 2.05) is 0 Å². The average Bonchev–Trinajstić information content (AvgIpc) is 2.31. The Morgan fingerprint density at radius 1 is 1.32 bits per heavy atom. The van der Waals surface area contributed by atoms with Crippen molar-refractivity contribution in [3.8, 4) is 0 Å². The smallest absolute Gasteiger partial charge is 0.335 e. The Hall–Kier alpha value is -1.56. The Morgan fingerprint density at radius 3 is 2.47 bits per heavy atom. The molecule has 0 aliphatic carbocycles. The molecule has 6 heteroatoms. The van der Waals surface area contributed by atoms with E-state index in [1.165, 1.54) is 0 Å². The minimum Gasteiger partial charge on any atom is -0.478 e. The molecule has 1 aliphatic heterocycles. The van der Waals surface area contributed by atoms with Crippen molar-refractivity contribution in [2.75, 3.05) is 16.8 Å². The lowest BCUT2D eigenvalue weighted by molar-refractivity contribution is 0.0696. The maximum absolute atomic E-state index is 11.3. The molecule has 0 bridgehead atoms. The first-order valence-electron chi connectivity index (χ1n) is 6.18. The minimum absolute atomic E-state index is 0.138. The summed E-state index contributed by atoms with van der Waals surface area (Å²) in [5.74, 6) is -0.499. The van der Waals surface area contributed by atoms with E-state index >= 15 is 0 Å². The van der Waals surface area contributed by atoms with Crippen molar-refractivity contribution in [1.29, 1.82) is 0 Å². The minimum atomic E-state index is -2.85. The highest BCUT2D eigenvalue weighted by Gasteiger charge is 2.23. The van der Waals surface area contributed by atoms with Crippen LogP contribution in [0.4, 0.5) is 5.69 Å². The van der Waals surface area contributed by atoms with Gasteiger partial charge in [-0.1, -0.05) is 0 Å². The van der Waals surface area contributed by atoms with Crippen molar-refractivity contribution >= 4 is 21.5 Å². The number of sulfone groups is 1. The number of carboxylic acid groups (broad SMARTS) is 1. The zero-order chi connectivity index (χ0) is 14.0. The standard InChI is InChI=1S/C13H17NO4S/c1-9-8-11(2-3-12(9)13(15)16)14-10-4-6-19(17,18)7-5-10/h2-3,8,10,14H,4-7H2,1H3,(H,15,16). The van der Waals surface area contributed by atoms with Crippen LogP contribution in [-0.4, -0.2) is 37.0 Å². The first-order chi connectivity index (χ1) is 8.87. The van der Waals surface area contributed by atoms with Crippen molar-refractivity contribution in [2.24, 2.45) is 0 Å². The quantitative estimate of drug-likeness (QED) is 0.882. The normalized spacial score (nSPS) is 19.0. The molecular weight excluding hydrogens is 266 g/mol. The Labute approximate surface area is 112 Å². The Morgan fingerprint density at radius 2 is 1.95 bits per heavy atom. The predicted molar refractivity (Wildman–Crippen MR) is 73.4 cm³/mol. The third-order valence-corrected chi connectivity index (χ3v) is 5.10. The highest BCUT2D eigenvalue weighted by molar-refractivity contribution is 7.91. The highest BCUT2D eigenvalue weighted by Crippen LogP contribution is 2.20. The van der Waals surface area contributed by atoms with Crippen LogP contribution in [0, 0.1) is 6.92 Å². The van der Waals surface area contributed by atoms with E-state index in [9.17, 15) is 13.2 Å². The first-order valence-corrected chi connectivity index (χ1v) is 8.00. The molecule has 0 spiro atoms. The third-order valence-electron chi connectivity index (χ3n) is 3.38. The molecular formula is C13H17NO4S. The summed E-state index contributed by atoms with van der Waals surface area (Å²) in [7, 11) is -2.85. The highest BCUT2D eigenvalue weighted by atomic mass is 32.2. The van der Waals surface area contributed by atoms with Crippen molar-refractivity contribution in [1.82, 2.24) is 0 Å². The summed E-state index contributed by atoms with van der Waals surface area (Å²) in [6, 6.07) is 5.21. The van der Waals surface area contributed by atoms with Gasteiger partial charge in [0.2, 0.25) is 0 Å². The zero-order valence-corrected chi connectivity index (χ0v) is 11.5. The first kappa shape index (κ1) is 13.9. The van der Waals surface area contributed by atoms with Gasteiger partial charge >= 0.3 is 5.97 Å². The van der Waals surface area contributed by atoms with Gasteiger partial charge in [0, 0.05) is 11.7 Å². The monoisotopic (exact) mass is 283 g/mol. The molecule has 2 rings (SSSR count). The van der Waals surface area contributed by atoms with Gasteiger partial charge in [-0.15, -0.1) is 0 Å². The molecule has 0 aromatic heterocycles. The van der Waals surface area contributed by atoms with Crippen LogP contribution in [-0.2, 0) is 9.84 Å². The summed E-state index contributed by atoms with van der Waals surface area (Å²) in [5, 5.41) is 12.2. The number of benzene rings is 1. The molecule has 19 heavy (non-hydrogen) atoms. The van der Waals surface area contributed by atoms with E-state index in [4.69, 9.17) is 5.11 Å². The summed E-state index contributed by atoms with van der Waals surface area (Å²) in [4.78, 5) is 10.9. The maximum Gasteiger partial charge on any atom is 0.335 e. The van der Waals surface area contributed by atoms with Gasteiger partial charge in [0.25, 0.3) is 0 Å². The number of hydrogen-bond donors (Lipinski definition) is 2. The molecule has 0 saturated carbocycles. The topological polar surface area (TPSA) is 83.5 Å². The van der Waals surface area contributed by atoms with E-state index in [0.29, 0.717) is 18.4 Å². The number of anilines is 1. The predicted octanol–water partition coefficient (Wildman–Crippen LogP) is 1.68. The van der Waals surface area contributed by atoms with Gasteiger partial charge < -0.3 is 10.4 Å². The fraction of sp³-hybridized carbons (Fsp3) is 0.462. The third kappa shape index (κ3) is 3.47. The largest absolute Gasteiger partial charge is 0.478 e. The molecule has 1 aromatic carbocycles. The van der Waals surface area contributed by atoms with Gasteiger partial charge in [0.05, 0.1) is 17.1 Å². The number of rotatable bonds is 3. The fourth-order valence-corrected chi connectivity index (χ4v) is 3.75. The Balaban J connectivity index is 2.04. The fourth-order valence-electron chi connectivity index (χ4n) is 2.26. The molecule has 0 radical (unpaired) electrons. The molecule has 1 saturated heterocycles. The Kier molecular flexibility index (Phi) is 3.80. The van der Waals surface area contributed by atoms with Crippen LogP contribution >= 0.6 is 0 Å². The van der Waals surface area contributed by atoms with E-state index in [1.54, 1.807) is 25.1 Å². The second-order valence-corrected chi connectivity index (χ2v) is 7.21. The summed E-state index contributed by atoms with van der Waals surface area (Å²) >= 11 is 0. The van der Waals surface area contributed by atoms with Crippen LogP contribution in [0.1, 0.15) is 28.8 Å². The number of hydrogen-bond acceptors (Lipinski definition) is 4. The lowest BCUT2D eigenvalue weighted by Crippen LogP contribution is -2.32. The van der Waals surface area contributed by atoms with E-state index < -0.39 is 15.8 Å². The number of aromatic carboxylic acids is 1. The van der Waals surface area contributed by atoms with Gasteiger partial charge in [0.1, 0.15) is 9.84 Å². The number of carbonyl (C=O) groups is 1. The molecule has 0 amide bonds. The SMILES string of the molecule is Cc1cc(NC2CCS(=O)(=O)CC2)ccc1C(=O)O. The van der Waals surface area contributed by atoms with E-state index in [0.717, 1.165) is 5.69 Å². The Bertz CT molecular complexity index is 581. The van der Waals surface area contributed by atoms with Crippen LogP contribution in [0.5, 0.6) is 0 Å².